The SMILES string of the molecule is Cc1ccc(C)c([C@H](C)NC(=O)[C@H]2CCCN(C(=O)c3cccs3)C2)c1. The zero-order chi connectivity index (χ0) is 18.7. The van der Waals surface area contributed by atoms with Crippen molar-refractivity contribution in [3.05, 3.63) is 57.3 Å². The standard InChI is InChI=1S/C21H26N2O2S/c1-14-8-9-15(2)18(12-14)16(3)22-20(24)17-6-4-10-23(13-17)21(25)19-7-5-11-26-19/h5,7-9,11-12,16-17H,4,6,10,13H2,1-3H3,(H,22,24)/t16-,17-/m0/s1. The molecular weight excluding hydrogens is 344 g/mol. The quantitative estimate of drug-likeness (QED) is 0.881. The van der Waals surface area contributed by atoms with Crippen LogP contribution in [0, 0.1) is 19.8 Å². The number of carbonyl (C=O) groups is 2. The molecule has 2 aromatic rings. The Morgan fingerprint density at radius 3 is 2.81 bits per heavy atom. The molecule has 0 radical (unpaired) electrons. The number of thiophene rings is 1. The highest BCUT2D eigenvalue weighted by Crippen LogP contribution is 2.23. The third-order valence-corrected chi connectivity index (χ3v) is 5.93. The van der Waals surface area contributed by atoms with Gasteiger partial charge >= 0.3 is 0 Å². The third kappa shape index (κ3) is 4.15. The first-order chi connectivity index (χ1) is 12.5. The molecule has 0 spiro atoms. The maximum Gasteiger partial charge on any atom is 0.263 e. The van der Waals surface area contributed by atoms with Crippen molar-refractivity contribution in [2.24, 2.45) is 5.92 Å². The second kappa shape index (κ2) is 8.04. The van der Waals surface area contributed by atoms with Gasteiger partial charge in [-0.2, -0.15) is 0 Å². The monoisotopic (exact) mass is 370 g/mol. The molecule has 3 rings (SSSR count). The Kier molecular flexibility index (Phi) is 5.77. The fourth-order valence-electron chi connectivity index (χ4n) is 3.57. The van der Waals surface area contributed by atoms with E-state index in [-0.39, 0.29) is 23.8 Å². The summed E-state index contributed by atoms with van der Waals surface area (Å²) in [5.41, 5.74) is 3.53. The molecule has 26 heavy (non-hydrogen) atoms. The Labute approximate surface area is 159 Å². The molecule has 5 heteroatoms. The van der Waals surface area contributed by atoms with Crippen LogP contribution in [0.2, 0.25) is 0 Å². The van der Waals surface area contributed by atoms with Crippen LogP contribution >= 0.6 is 11.3 Å². The summed E-state index contributed by atoms with van der Waals surface area (Å²) >= 11 is 1.45. The first kappa shape index (κ1) is 18.6. The molecule has 0 aliphatic carbocycles. The molecule has 1 aliphatic rings. The van der Waals surface area contributed by atoms with Crippen molar-refractivity contribution in [3.8, 4) is 0 Å². The summed E-state index contributed by atoms with van der Waals surface area (Å²) in [5.74, 6) is -0.0533. The van der Waals surface area contributed by atoms with Gasteiger partial charge in [-0.1, -0.05) is 29.8 Å². The van der Waals surface area contributed by atoms with E-state index in [1.807, 2.05) is 29.3 Å². The van der Waals surface area contributed by atoms with Gasteiger partial charge in [0.15, 0.2) is 0 Å². The summed E-state index contributed by atoms with van der Waals surface area (Å²) < 4.78 is 0. The van der Waals surface area contributed by atoms with Gasteiger partial charge in [-0.25, -0.2) is 0 Å². The Hall–Kier alpha value is -2.14. The average molecular weight is 371 g/mol. The van der Waals surface area contributed by atoms with Crippen LogP contribution in [-0.2, 0) is 4.79 Å². The fraction of sp³-hybridized carbons (Fsp3) is 0.429. The van der Waals surface area contributed by atoms with Crippen molar-refractivity contribution in [1.29, 1.82) is 0 Å². The predicted molar refractivity (Wildman–Crippen MR) is 105 cm³/mol. The number of benzene rings is 1. The van der Waals surface area contributed by atoms with E-state index < -0.39 is 0 Å². The number of piperidine rings is 1. The summed E-state index contributed by atoms with van der Waals surface area (Å²) in [7, 11) is 0. The molecule has 0 unspecified atom stereocenters. The maximum atomic E-state index is 12.8. The van der Waals surface area contributed by atoms with Crippen molar-refractivity contribution in [2.45, 2.75) is 39.7 Å². The number of amides is 2. The van der Waals surface area contributed by atoms with E-state index in [9.17, 15) is 9.59 Å². The second-order valence-corrected chi connectivity index (χ2v) is 8.11. The van der Waals surface area contributed by atoms with Gasteiger partial charge in [0.25, 0.3) is 5.91 Å². The highest BCUT2D eigenvalue weighted by atomic mass is 32.1. The Bertz CT molecular complexity index is 785. The lowest BCUT2D eigenvalue weighted by Crippen LogP contribution is -2.45. The zero-order valence-corrected chi connectivity index (χ0v) is 16.4. The lowest BCUT2D eigenvalue weighted by atomic mass is 9.95. The highest BCUT2D eigenvalue weighted by molar-refractivity contribution is 7.12. The smallest absolute Gasteiger partial charge is 0.263 e. The van der Waals surface area contributed by atoms with Crippen LogP contribution in [0.3, 0.4) is 0 Å². The van der Waals surface area contributed by atoms with Crippen molar-refractivity contribution >= 4 is 23.2 Å². The molecule has 4 nitrogen and oxygen atoms in total. The van der Waals surface area contributed by atoms with Gasteiger partial charge in [0.1, 0.15) is 0 Å². The summed E-state index contributed by atoms with van der Waals surface area (Å²) in [6.07, 6.45) is 1.70. The molecule has 1 N–H and O–H groups in total. The first-order valence-corrected chi connectivity index (χ1v) is 10.0. The average Bonchev–Trinajstić information content (AvgIpc) is 3.17. The molecule has 1 fully saturated rings. The molecule has 1 saturated heterocycles. The van der Waals surface area contributed by atoms with Gasteiger partial charge in [-0.05, 0) is 56.2 Å². The highest BCUT2D eigenvalue weighted by Gasteiger charge is 2.30. The van der Waals surface area contributed by atoms with E-state index >= 15 is 0 Å². The van der Waals surface area contributed by atoms with E-state index in [1.165, 1.54) is 22.5 Å². The minimum absolute atomic E-state index is 0.0363. The number of carbonyl (C=O) groups excluding carboxylic acids is 2. The van der Waals surface area contributed by atoms with Gasteiger partial charge < -0.3 is 10.2 Å². The number of hydrogen-bond acceptors (Lipinski definition) is 3. The molecular formula is C21H26N2O2S. The van der Waals surface area contributed by atoms with Crippen molar-refractivity contribution in [3.63, 3.8) is 0 Å². The van der Waals surface area contributed by atoms with Crippen LogP contribution < -0.4 is 5.32 Å². The molecule has 1 aromatic heterocycles. The number of likely N-dealkylation sites (tertiary alicyclic amines) is 1. The maximum absolute atomic E-state index is 12.8. The summed E-state index contributed by atoms with van der Waals surface area (Å²) in [6, 6.07) is 10.0. The minimum Gasteiger partial charge on any atom is -0.349 e. The molecule has 2 amide bonds. The third-order valence-electron chi connectivity index (χ3n) is 5.07. The van der Waals surface area contributed by atoms with Gasteiger partial charge in [-0.15, -0.1) is 11.3 Å². The van der Waals surface area contributed by atoms with Gasteiger partial charge in [0, 0.05) is 13.1 Å². The van der Waals surface area contributed by atoms with Crippen molar-refractivity contribution in [1.82, 2.24) is 10.2 Å². The Morgan fingerprint density at radius 1 is 1.27 bits per heavy atom. The van der Waals surface area contributed by atoms with Gasteiger partial charge in [0.05, 0.1) is 16.8 Å². The van der Waals surface area contributed by atoms with E-state index in [0.29, 0.717) is 6.54 Å². The van der Waals surface area contributed by atoms with Crippen molar-refractivity contribution < 1.29 is 9.59 Å². The zero-order valence-electron chi connectivity index (χ0n) is 15.6. The van der Waals surface area contributed by atoms with Crippen LogP contribution in [0.15, 0.2) is 35.7 Å². The topological polar surface area (TPSA) is 49.4 Å². The number of nitrogens with zero attached hydrogens (tertiary/aromatic N) is 1. The second-order valence-electron chi connectivity index (χ2n) is 7.16. The molecule has 0 saturated carbocycles. The molecule has 2 atom stereocenters. The normalized spacial score (nSPS) is 18.4. The molecule has 2 heterocycles. The molecule has 1 aromatic carbocycles. The first-order valence-electron chi connectivity index (χ1n) is 9.16. The number of aryl methyl sites for hydroxylation is 2. The van der Waals surface area contributed by atoms with Crippen LogP contribution in [-0.4, -0.2) is 29.8 Å². The van der Waals surface area contributed by atoms with E-state index in [4.69, 9.17) is 0 Å². The Morgan fingerprint density at radius 2 is 2.08 bits per heavy atom. The van der Waals surface area contributed by atoms with Crippen molar-refractivity contribution in [2.75, 3.05) is 13.1 Å². The van der Waals surface area contributed by atoms with Crippen LogP contribution in [0.25, 0.3) is 0 Å². The Balaban J connectivity index is 1.64. The molecule has 1 aliphatic heterocycles. The number of hydrogen-bond donors (Lipinski definition) is 1. The summed E-state index contributed by atoms with van der Waals surface area (Å²) in [4.78, 5) is 27.9. The molecule has 138 valence electrons. The van der Waals surface area contributed by atoms with Crippen LogP contribution in [0.5, 0.6) is 0 Å². The van der Waals surface area contributed by atoms with Crippen LogP contribution in [0.4, 0.5) is 0 Å². The lowest BCUT2D eigenvalue weighted by Gasteiger charge is -2.32. The van der Waals surface area contributed by atoms with Crippen LogP contribution in [0.1, 0.15) is 52.2 Å². The predicted octanol–water partition coefficient (Wildman–Crippen LogP) is 4.09. The summed E-state index contributed by atoms with van der Waals surface area (Å²) in [6.45, 7) is 7.39. The largest absolute Gasteiger partial charge is 0.349 e. The van der Waals surface area contributed by atoms with Gasteiger partial charge in [-0.3, -0.25) is 9.59 Å². The molecule has 0 bridgehead atoms. The van der Waals surface area contributed by atoms with E-state index in [1.54, 1.807) is 0 Å². The van der Waals surface area contributed by atoms with E-state index in [2.05, 4.69) is 37.4 Å². The van der Waals surface area contributed by atoms with E-state index in [0.717, 1.165) is 29.8 Å². The summed E-state index contributed by atoms with van der Waals surface area (Å²) in [5, 5.41) is 5.06. The minimum atomic E-state index is -0.139. The lowest BCUT2D eigenvalue weighted by molar-refractivity contribution is -0.127. The number of rotatable bonds is 4. The fourth-order valence-corrected chi connectivity index (χ4v) is 4.26. The number of nitrogens with one attached hydrogen (secondary N) is 1. The van der Waals surface area contributed by atoms with Gasteiger partial charge in [0.2, 0.25) is 5.91 Å².